The standard InChI is InChI=1S/C42H42N4O/c1-7-11-31-14-17-39-38(24-31)37-16-15-35(26-40(37)45(39)41-21-28(4)18-19-43-41)47-36-23-32(20-27(2)3)22-34(25-36)46-30(6)42(29(5)44-46)33-12-9-8-10-13-33/h8-10,12-19,21-27H,7,11,20H2,1-6H3. The van der Waals surface area contributed by atoms with Gasteiger partial charge in [-0.05, 0) is 110 Å². The second-order valence-electron chi connectivity index (χ2n) is 13.2. The van der Waals surface area contributed by atoms with Crippen LogP contribution in [0.1, 0.15) is 55.3 Å². The van der Waals surface area contributed by atoms with E-state index in [0.29, 0.717) is 5.92 Å². The van der Waals surface area contributed by atoms with Gasteiger partial charge in [-0.2, -0.15) is 5.10 Å². The Balaban J connectivity index is 1.34. The molecule has 0 atom stereocenters. The molecule has 3 aromatic heterocycles. The van der Waals surface area contributed by atoms with Crippen molar-refractivity contribution >= 4 is 21.8 Å². The lowest BCUT2D eigenvalue weighted by Gasteiger charge is -2.14. The summed E-state index contributed by atoms with van der Waals surface area (Å²) in [4.78, 5) is 4.79. The summed E-state index contributed by atoms with van der Waals surface area (Å²) in [7, 11) is 0. The number of ether oxygens (including phenoxy) is 1. The zero-order valence-corrected chi connectivity index (χ0v) is 28.2. The molecule has 0 N–H and O–H groups in total. The summed E-state index contributed by atoms with van der Waals surface area (Å²) in [6.45, 7) is 13.1. The average molecular weight is 619 g/mol. The zero-order chi connectivity index (χ0) is 32.7. The van der Waals surface area contributed by atoms with Crippen molar-refractivity contribution in [3.8, 4) is 34.1 Å². The molecule has 0 saturated carbocycles. The number of hydrogen-bond acceptors (Lipinski definition) is 3. The molecule has 0 fully saturated rings. The molecule has 5 nitrogen and oxygen atoms in total. The smallest absolute Gasteiger partial charge is 0.137 e. The van der Waals surface area contributed by atoms with Gasteiger partial charge in [-0.15, -0.1) is 0 Å². The van der Waals surface area contributed by atoms with Crippen LogP contribution in [0.2, 0.25) is 0 Å². The molecule has 0 spiro atoms. The molecule has 0 aliphatic heterocycles. The van der Waals surface area contributed by atoms with Crippen LogP contribution in [0.3, 0.4) is 0 Å². The van der Waals surface area contributed by atoms with Crippen LogP contribution in [0.15, 0.2) is 103 Å². The lowest BCUT2D eigenvalue weighted by atomic mass is 10.0. The second kappa shape index (κ2) is 12.6. The molecular formula is C42H42N4O. The first-order valence-corrected chi connectivity index (χ1v) is 16.7. The van der Waals surface area contributed by atoms with Crippen molar-refractivity contribution in [2.24, 2.45) is 5.92 Å². The first kappa shape index (κ1) is 30.5. The molecule has 7 rings (SSSR count). The molecule has 0 radical (unpaired) electrons. The molecule has 5 heteroatoms. The highest BCUT2D eigenvalue weighted by molar-refractivity contribution is 6.09. The van der Waals surface area contributed by atoms with Crippen LogP contribution >= 0.6 is 0 Å². The fourth-order valence-electron chi connectivity index (χ4n) is 6.91. The molecule has 0 unspecified atom stereocenters. The fraction of sp³-hybridized carbons (Fsp3) is 0.238. The minimum Gasteiger partial charge on any atom is -0.457 e. The highest BCUT2D eigenvalue weighted by Crippen LogP contribution is 2.37. The number of aryl methyl sites for hydroxylation is 3. The highest BCUT2D eigenvalue weighted by Gasteiger charge is 2.18. The number of nitrogens with zero attached hydrogens (tertiary/aromatic N) is 4. The van der Waals surface area contributed by atoms with Gasteiger partial charge in [-0.3, -0.25) is 4.57 Å². The van der Waals surface area contributed by atoms with Gasteiger partial charge in [0.1, 0.15) is 17.3 Å². The Hall–Kier alpha value is -5.16. The molecule has 7 aromatic rings. The third-order valence-corrected chi connectivity index (χ3v) is 8.90. The molecule has 0 saturated heterocycles. The van der Waals surface area contributed by atoms with Gasteiger partial charge in [0.05, 0.1) is 22.4 Å². The van der Waals surface area contributed by atoms with Crippen LogP contribution in [0, 0.1) is 26.7 Å². The number of fused-ring (bicyclic) bond motifs is 3. The topological polar surface area (TPSA) is 44.9 Å². The summed E-state index contributed by atoms with van der Waals surface area (Å²) in [5, 5.41) is 7.44. The lowest BCUT2D eigenvalue weighted by molar-refractivity contribution is 0.481. The summed E-state index contributed by atoms with van der Waals surface area (Å²) in [5.41, 5.74) is 11.5. The van der Waals surface area contributed by atoms with Crippen LogP contribution in [0.25, 0.3) is 44.4 Å². The fourth-order valence-corrected chi connectivity index (χ4v) is 6.91. The maximum absolute atomic E-state index is 6.73. The van der Waals surface area contributed by atoms with E-state index < -0.39 is 0 Å². The van der Waals surface area contributed by atoms with Crippen molar-refractivity contribution in [1.82, 2.24) is 19.3 Å². The van der Waals surface area contributed by atoms with E-state index >= 15 is 0 Å². The van der Waals surface area contributed by atoms with Gasteiger partial charge in [0, 0.05) is 40.4 Å². The van der Waals surface area contributed by atoms with Gasteiger partial charge in [0.25, 0.3) is 0 Å². The normalized spacial score (nSPS) is 11.6. The van der Waals surface area contributed by atoms with Crippen LogP contribution in [-0.4, -0.2) is 19.3 Å². The van der Waals surface area contributed by atoms with Crippen LogP contribution < -0.4 is 4.74 Å². The number of aromatic nitrogens is 4. The van der Waals surface area contributed by atoms with Gasteiger partial charge in [0.15, 0.2) is 0 Å². The number of pyridine rings is 1. The lowest BCUT2D eigenvalue weighted by Crippen LogP contribution is -2.03. The zero-order valence-electron chi connectivity index (χ0n) is 28.2. The summed E-state index contributed by atoms with van der Waals surface area (Å²) in [6, 6.07) is 34.5. The van der Waals surface area contributed by atoms with Crippen molar-refractivity contribution in [2.45, 2.75) is 60.8 Å². The molecule has 4 aromatic carbocycles. The van der Waals surface area contributed by atoms with E-state index in [1.807, 2.05) is 12.3 Å². The molecule has 0 amide bonds. The van der Waals surface area contributed by atoms with Crippen molar-refractivity contribution in [3.63, 3.8) is 0 Å². The van der Waals surface area contributed by atoms with Gasteiger partial charge >= 0.3 is 0 Å². The van der Waals surface area contributed by atoms with E-state index in [1.165, 1.54) is 38.6 Å². The molecular weight excluding hydrogens is 576 g/mol. The van der Waals surface area contributed by atoms with E-state index in [-0.39, 0.29) is 0 Å². The number of hydrogen-bond donors (Lipinski definition) is 0. The first-order chi connectivity index (χ1) is 22.8. The van der Waals surface area contributed by atoms with Crippen molar-refractivity contribution < 1.29 is 4.74 Å². The Morgan fingerprint density at radius 3 is 2.34 bits per heavy atom. The van der Waals surface area contributed by atoms with Gasteiger partial charge < -0.3 is 4.74 Å². The monoisotopic (exact) mass is 618 g/mol. The maximum atomic E-state index is 6.73. The molecule has 236 valence electrons. The highest BCUT2D eigenvalue weighted by atomic mass is 16.5. The van der Waals surface area contributed by atoms with E-state index in [0.717, 1.165) is 64.7 Å². The SMILES string of the molecule is CCCc1ccc2c(c1)c1ccc(Oc3cc(CC(C)C)cc(-n4nc(C)c(-c5ccccc5)c4C)c3)cc1n2-c1cc(C)ccn1. The largest absolute Gasteiger partial charge is 0.457 e. The molecule has 0 aliphatic rings. The Bertz CT molecular complexity index is 2220. The van der Waals surface area contributed by atoms with Gasteiger partial charge in [-0.1, -0.05) is 63.6 Å². The molecule has 3 heterocycles. The average Bonchev–Trinajstić information content (AvgIpc) is 3.53. The van der Waals surface area contributed by atoms with Crippen molar-refractivity contribution in [1.29, 1.82) is 0 Å². The Morgan fingerprint density at radius 1 is 0.745 bits per heavy atom. The van der Waals surface area contributed by atoms with Gasteiger partial charge in [-0.25, -0.2) is 9.67 Å². The Kier molecular flexibility index (Phi) is 8.15. The second-order valence-corrected chi connectivity index (χ2v) is 13.2. The number of benzene rings is 4. The quantitative estimate of drug-likeness (QED) is 0.162. The Labute approximate surface area is 277 Å². The third-order valence-electron chi connectivity index (χ3n) is 8.90. The van der Waals surface area contributed by atoms with Crippen LogP contribution in [0.5, 0.6) is 11.5 Å². The van der Waals surface area contributed by atoms with E-state index in [4.69, 9.17) is 14.8 Å². The van der Waals surface area contributed by atoms with Crippen LogP contribution in [0.4, 0.5) is 0 Å². The maximum Gasteiger partial charge on any atom is 0.137 e. The van der Waals surface area contributed by atoms with Crippen molar-refractivity contribution in [2.75, 3.05) is 0 Å². The van der Waals surface area contributed by atoms with E-state index in [9.17, 15) is 0 Å². The summed E-state index contributed by atoms with van der Waals surface area (Å²) in [6.07, 6.45) is 5.01. The predicted octanol–water partition coefficient (Wildman–Crippen LogP) is 10.9. The predicted molar refractivity (Wildman–Crippen MR) is 194 cm³/mol. The van der Waals surface area contributed by atoms with Gasteiger partial charge in [0.2, 0.25) is 0 Å². The summed E-state index contributed by atoms with van der Waals surface area (Å²) < 4.78 is 11.1. The van der Waals surface area contributed by atoms with Crippen molar-refractivity contribution in [3.05, 3.63) is 131 Å². The number of rotatable bonds is 9. The first-order valence-electron chi connectivity index (χ1n) is 16.7. The summed E-state index contributed by atoms with van der Waals surface area (Å²) in [5.74, 6) is 3.00. The van der Waals surface area contributed by atoms with E-state index in [1.54, 1.807) is 0 Å². The van der Waals surface area contributed by atoms with Crippen LogP contribution in [-0.2, 0) is 12.8 Å². The molecule has 0 bridgehead atoms. The minimum absolute atomic E-state index is 0.505. The molecule has 47 heavy (non-hydrogen) atoms. The Morgan fingerprint density at radius 2 is 1.57 bits per heavy atom. The van der Waals surface area contributed by atoms with E-state index in [2.05, 4.69) is 142 Å². The minimum atomic E-state index is 0.505. The third kappa shape index (κ3) is 5.94. The summed E-state index contributed by atoms with van der Waals surface area (Å²) >= 11 is 0. The molecule has 0 aliphatic carbocycles.